The fourth-order valence-corrected chi connectivity index (χ4v) is 4.30. The van der Waals surface area contributed by atoms with Crippen LogP contribution >= 0.6 is 23.4 Å². The number of hydrogen-bond donors (Lipinski definition) is 1. The van der Waals surface area contributed by atoms with Gasteiger partial charge in [0, 0.05) is 23.9 Å². The molecule has 0 bridgehead atoms. The van der Waals surface area contributed by atoms with Crippen LogP contribution in [-0.2, 0) is 23.6 Å². The van der Waals surface area contributed by atoms with Crippen LogP contribution in [0.5, 0.6) is 0 Å². The number of nitrogens with one attached hydrogen (secondary N) is 1. The van der Waals surface area contributed by atoms with E-state index in [9.17, 15) is 4.79 Å². The lowest BCUT2D eigenvalue weighted by molar-refractivity contribution is -0.118. The number of rotatable bonds is 8. The molecule has 0 spiro atoms. The summed E-state index contributed by atoms with van der Waals surface area (Å²) < 4.78 is 0. The lowest BCUT2D eigenvalue weighted by Crippen LogP contribution is -2.29. The second-order valence-electron chi connectivity index (χ2n) is 7.05. The van der Waals surface area contributed by atoms with E-state index in [1.54, 1.807) is 11.8 Å². The molecule has 5 heteroatoms. The maximum atomic E-state index is 12.0. The van der Waals surface area contributed by atoms with Crippen molar-refractivity contribution < 1.29 is 4.79 Å². The topological polar surface area (TPSA) is 32.3 Å². The Morgan fingerprint density at radius 2 is 1.74 bits per heavy atom. The van der Waals surface area contributed by atoms with Crippen LogP contribution in [0.2, 0.25) is 5.02 Å². The van der Waals surface area contributed by atoms with Gasteiger partial charge >= 0.3 is 0 Å². The number of amides is 1. The first-order chi connectivity index (χ1) is 13.2. The Hall–Kier alpha value is -1.49. The molecule has 1 aliphatic heterocycles. The van der Waals surface area contributed by atoms with Crippen molar-refractivity contribution in [3.8, 4) is 0 Å². The summed E-state index contributed by atoms with van der Waals surface area (Å²) in [5.74, 6) is 1.32. The van der Waals surface area contributed by atoms with Crippen molar-refractivity contribution in [1.82, 2.24) is 10.2 Å². The van der Waals surface area contributed by atoms with Gasteiger partial charge < -0.3 is 5.32 Å². The van der Waals surface area contributed by atoms with Crippen molar-refractivity contribution in [2.24, 2.45) is 0 Å². The van der Waals surface area contributed by atoms with Crippen molar-refractivity contribution in [1.29, 1.82) is 0 Å². The van der Waals surface area contributed by atoms with Crippen LogP contribution in [0.3, 0.4) is 0 Å². The second kappa shape index (κ2) is 10.7. The van der Waals surface area contributed by atoms with Gasteiger partial charge in [-0.05, 0) is 54.8 Å². The third-order valence-electron chi connectivity index (χ3n) is 4.76. The zero-order valence-corrected chi connectivity index (χ0v) is 17.2. The molecule has 144 valence electrons. The van der Waals surface area contributed by atoms with Crippen molar-refractivity contribution in [3.05, 3.63) is 70.2 Å². The second-order valence-corrected chi connectivity index (χ2v) is 8.47. The van der Waals surface area contributed by atoms with Gasteiger partial charge in [0.05, 0.1) is 5.75 Å². The Kier molecular flexibility index (Phi) is 8.06. The Bertz CT molecular complexity index is 729. The van der Waals surface area contributed by atoms with Gasteiger partial charge in [0.25, 0.3) is 0 Å². The molecule has 1 heterocycles. The minimum atomic E-state index is 0.0689. The molecule has 0 saturated carbocycles. The summed E-state index contributed by atoms with van der Waals surface area (Å²) in [4.78, 5) is 14.6. The van der Waals surface area contributed by atoms with Crippen LogP contribution in [0.4, 0.5) is 0 Å². The van der Waals surface area contributed by atoms with Gasteiger partial charge in [0.2, 0.25) is 5.91 Å². The highest BCUT2D eigenvalue weighted by atomic mass is 35.5. The molecule has 0 aromatic heterocycles. The zero-order valence-electron chi connectivity index (χ0n) is 15.6. The predicted octanol–water partition coefficient (Wildman–Crippen LogP) is 4.88. The number of carbonyl (C=O) groups is 1. The molecule has 2 aromatic rings. The summed E-state index contributed by atoms with van der Waals surface area (Å²) in [6.45, 7) is 4.04. The van der Waals surface area contributed by atoms with Crippen molar-refractivity contribution in [3.63, 3.8) is 0 Å². The number of benzene rings is 2. The highest BCUT2D eigenvalue weighted by molar-refractivity contribution is 7.99. The van der Waals surface area contributed by atoms with E-state index in [0.717, 1.165) is 28.4 Å². The average molecular weight is 403 g/mol. The summed E-state index contributed by atoms with van der Waals surface area (Å²) >= 11 is 7.58. The smallest absolute Gasteiger partial charge is 0.230 e. The Morgan fingerprint density at radius 1 is 1.00 bits per heavy atom. The van der Waals surface area contributed by atoms with Gasteiger partial charge in [-0.2, -0.15) is 0 Å². The molecule has 1 fully saturated rings. The van der Waals surface area contributed by atoms with Gasteiger partial charge in [0.1, 0.15) is 0 Å². The van der Waals surface area contributed by atoms with Crippen LogP contribution in [0, 0.1) is 0 Å². The number of nitrogens with zero attached hydrogens (tertiary/aromatic N) is 1. The molecular formula is C22H27ClN2OS. The number of carbonyl (C=O) groups excluding carboxylic acids is 1. The van der Waals surface area contributed by atoms with E-state index in [1.807, 2.05) is 24.3 Å². The molecule has 1 N–H and O–H groups in total. The molecule has 3 rings (SSSR count). The quantitative estimate of drug-likeness (QED) is 0.683. The molecule has 1 amide bonds. The van der Waals surface area contributed by atoms with Crippen molar-refractivity contribution >= 4 is 29.3 Å². The largest absolute Gasteiger partial charge is 0.351 e. The third-order valence-corrected chi connectivity index (χ3v) is 6.00. The SMILES string of the molecule is O=C(CSCc1cccc(Cl)c1)NCc1ccc(CN2CCCCC2)cc1. The highest BCUT2D eigenvalue weighted by Crippen LogP contribution is 2.17. The van der Waals surface area contributed by atoms with E-state index in [4.69, 9.17) is 11.6 Å². The van der Waals surface area contributed by atoms with E-state index >= 15 is 0 Å². The summed E-state index contributed by atoms with van der Waals surface area (Å²) in [5, 5.41) is 3.74. The van der Waals surface area contributed by atoms with Crippen LogP contribution in [0.1, 0.15) is 36.0 Å². The molecular weight excluding hydrogens is 376 g/mol. The first-order valence-corrected chi connectivity index (χ1v) is 11.1. The molecule has 0 aliphatic carbocycles. The van der Waals surface area contributed by atoms with Crippen LogP contribution in [0.25, 0.3) is 0 Å². The van der Waals surface area contributed by atoms with E-state index in [0.29, 0.717) is 12.3 Å². The van der Waals surface area contributed by atoms with Crippen molar-refractivity contribution in [2.45, 2.75) is 38.1 Å². The summed E-state index contributed by atoms with van der Waals surface area (Å²) in [5.41, 5.74) is 3.64. The Morgan fingerprint density at radius 3 is 2.48 bits per heavy atom. The minimum absolute atomic E-state index is 0.0689. The lowest BCUT2D eigenvalue weighted by Gasteiger charge is -2.26. The third kappa shape index (κ3) is 7.21. The van der Waals surface area contributed by atoms with E-state index in [2.05, 4.69) is 34.5 Å². The van der Waals surface area contributed by atoms with E-state index in [1.165, 1.54) is 37.9 Å². The Balaban J connectivity index is 1.35. The zero-order chi connectivity index (χ0) is 18.9. The number of hydrogen-bond acceptors (Lipinski definition) is 3. The first kappa shape index (κ1) is 20.2. The predicted molar refractivity (Wildman–Crippen MR) is 115 cm³/mol. The monoisotopic (exact) mass is 402 g/mol. The normalized spacial score (nSPS) is 14.9. The molecule has 0 radical (unpaired) electrons. The fraction of sp³-hybridized carbons (Fsp3) is 0.409. The number of halogens is 1. The molecule has 0 atom stereocenters. The minimum Gasteiger partial charge on any atom is -0.351 e. The van der Waals surface area contributed by atoms with Gasteiger partial charge in [0.15, 0.2) is 0 Å². The first-order valence-electron chi connectivity index (χ1n) is 9.58. The summed E-state index contributed by atoms with van der Waals surface area (Å²) in [6.07, 6.45) is 4.01. The van der Waals surface area contributed by atoms with Crippen LogP contribution in [-0.4, -0.2) is 29.6 Å². The van der Waals surface area contributed by atoms with Gasteiger partial charge in [-0.15, -0.1) is 11.8 Å². The number of piperidine rings is 1. The van der Waals surface area contributed by atoms with Gasteiger partial charge in [-0.25, -0.2) is 0 Å². The van der Waals surface area contributed by atoms with Crippen LogP contribution in [0.15, 0.2) is 48.5 Å². The highest BCUT2D eigenvalue weighted by Gasteiger charge is 2.10. The molecule has 3 nitrogen and oxygen atoms in total. The maximum absolute atomic E-state index is 12.0. The maximum Gasteiger partial charge on any atom is 0.230 e. The lowest BCUT2D eigenvalue weighted by atomic mass is 10.1. The number of thioether (sulfide) groups is 1. The van der Waals surface area contributed by atoms with E-state index in [-0.39, 0.29) is 5.91 Å². The molecule has 0 unspecified atom stereocenters. The molecule has 1 aliphatic rings. The van der Waals surface area contributed by atoms with E-state index < -0.39 is 0 Å². The molecule has 1 saturated heterocycles. The molecule has 2 aromatic carbocycles. The number of likely N-dealkylation sites (tertiary alicyclic amines) is 1. The Labute approximate surface area is 171 Å². The van der Waals surface area contributed by atoms with Crippen molar-refractivity contribution in [2.75, 3.05) is 18.8 Å². The standard InChI is InChI=1S/C22H27ClN2OS/c23-21-6-4-5-20(13-21)16-27-17-22(26)24-14-18-7-9-19(10-8-18)15-25-11-2-1-3-12-25/h4-10,13H,1-3,11-12,14-17H2,(H,24,26). The fourth-order valence-electron chi connectivity index (χ4n) is 3.28. The molecule has 27 heavy (non-hydrogen) atoms. The van der Waals surface area contributed by atoms with Gasteiger partial charge in [-0.1, -0.05) is 54.4 Å². The average Bonchev–Trinajstić information content (AvgIpc) is 2.68. The summed E-state index contributed by atoms with van der Waals surface area (Å²) in [6, 6.07) is 16.4. The summed E-state index contributed by atoms with van der Waals surface area (Å²) in [7, 11) is 0. The van der Waals surface area contributed by atoms with Crippen LogP contribution < -0.4 is 5.32 Å². The van der Waals surface area contributed by atoms with Gasteiger partial charge in [-0.3, -0.25) is 9.69 Å².